The Bertz CT molecular complexity index is 511. The summed E-state index contributed by atoms with van der Waals surface area (Å²) in [7, 11) is 0. The number of rotatable bonds is 2. The maximum atomic E-state index is 12.7. The molecule has 21 heavy (non-hydrogen) atoms. The first-order chi connectivity index (χ1) is 10.0. The Balaban J connectivity index is 1.95. The molecule has 2 aliphatic rings. The predicted molar refractivity (Wildman–Crippen MR) is 84.7 cm³/mol. The summed E-state index contributed by atoms with van der Waals surface area (Å²) in [5.41, 5.74) is 1.39. The molecule has 114 valence electrons. The molecule has 1 N–H and O–H groups in total. The van der Waals surface area contributed by atoms with Crippen molar-refractivity contribution >= 4 is 5.91 Å². The fraction of sp³-hybridized carbons (Fsp3) is 0.611. The Morgan fingerprint density at radius 1 is 1.19 bits per heavy atom. The van der Waals surface area contributed by atoms with Crippen molar-refractivity contribution in [3.8, 4) is 0 Å². The van der Waals surface area contributed by atoms with Gasteiger partial charge in [0.1, 0.15) is 6.17 Å². The molecule has 0 radical (unpaired) electrons. The van der Waals surface area contributed by atoms with Gasteiger partial charge in [-0.05, 0) is 30.7 Å². The third-order valence-corrected chi connectivity index (χ3v) is 5.21. The highest BCUT2D eigenvalue weighted by molar-refractivity contribution is 5.84. The fourth-order valence-electron chi connectivity index (χ4n) is 3.96. The van der Waals surface area contributed by atoms with Crippen molar-refractivity contribution in [1.82, 2.24) is 10.2 Å². The minimum Gasteiger partial charge on any atom is -0.318 e. The molecule has 1 saturated heterocycles. The van der Waals surface area contributed by atoms with E-state index >= 15 is 0 Å². The zero-order chi connectivity index (χ0) is 15.0. The van der Waals surface area contributed by atoms with Gasteiger partial charge in [0.15, 0.2) is 0 Å². The van der Waals surface area contributed by atoms with E-state index in [0.717, 1.165) is 6.42 Å². The van der Waals surface area contributed by atoms with Gasteiger partial charge in [-0.15, -0.1) is 0 Å². The number of carbonyl (C=O) groups excluding carboxylic acids is 1. The maximum Gasteiger partial charge on any atom is 0.241 e. The first-order valence-electron chi connectivity index (χ1n) is 8.14. The molecule has 3 rings (SSSR count). The van der Waals surface area contributed by atoms with Crippen LogP contribution >= 0.6 is 0 Å². The van der Waals surface area contributed by atoms with Gasteiger partial charge in [-0.3, -0.25) is 10.1 Å². The number of carbonyl (C=O) groups is 1. The number of nitrogens with zero attached hydrogens (tertiary/aromatic N) is 1. The number of benzene rings is 1. The van der Waals surface area contributed by atoms with E-state index in [-0.39, 0.29) is 23.5 Å². The van der Waals surface area contributed by atoms with Crippen LogP contribution in [0, 0.1) is 5.41 Å². The lowest BCUT2D eigenvalue weighted by Gasteiger charge is -2.45. The fourth-order valence-corrected chi connectivity index (χ4v) is 3.96. The monoisotopic (exact) mass is 286 g/mol. The van der Waals surface area contributed by atoms with Crippen molar-refractivity contribution in [2.75, 3.05) is 0 Å². The number of hydrogen-bond donors (Lipinski definition) is 1. The summed E-state index contributed by atoms with van der Waals surface area (Å²) < 4.78 is 0. The molecule has 3 atom stereocenters. The van der Waals surface area contributed by atoms with Crippen molar-refractivity contribution in [3.05, 3.63) is 35.9 Å². The van der Waals surface area contributed by atoms with E-state index in [9.17, 15) is 4.79 Å². The Hall–Kier alpha value is -1.35. The first-order valence-corrected chi connectivity index (χ1v) is 8.14. The van der Waals surface area contributed by atoms with E-state index in [1.807, 2.05) is 13.0 Å². The van der Waals surface area contributed by atoms with Crippen molar-refractivity contribution in [2.45, 2.75) is 64.7 Å². The molecule has 3 nitrogen and oxygen atoms in total. The average Bonchev–Trinajstić information content (AvgIpc) is 2.76. The average molecular weight is 286 g/mol. The Kier molecular flexibility index (Phi) is 3.78. The van der Waals surface area contributed by atoms with E-state index in [1.54, 1.807) is 0 Å². The van der Waals surface area contributed by atoms with Crippen LogP contribution in [-0.4, -0.2) is 22.9 Å². The quantitative estimate of drug-likeness (QED) is 0.903. The second-order valence-corrected chi connectivity index (χ2v) is 7.20. The molecule has 1 heterocycles. The van der Waals surface area contributed by atoms with Gasteiger partial charge < -0.3 is 4.90 Å². The van der Waals surface area contributed by atoms with Gasteiger partial charge in [-0.1, -0.05) is 57.0 Å². The maximum absolute atomic E-state index is 12.7. The second kappa shape index (κ2) is 5.45. The minimum atomic E-state index is -0.0899. The molecule has 1 saturated carbocycles. The van der Waals surface area contributed by atoms with Crippen LogP contribution in [0.4, 0.5) is 0 Å². The Labute approximate surface area is 127 Å². The van der Waals surface area contributed by atoms with E-state index in [1.165, 1.54) is 24.8 Å². The lowest BCUT2D eigenvalue weighted by Crippen LogP contribution is -2.49. The third-order valence-electron chi connectivity index (χ3n) is 5.21. The molecule has 1 aromatic carbocycles. The summed E-state index contributed by atoms with van der Waals surface area (Å²) in [5.74, 6) is 0.254. The molecule has 2 fully saturated rings. The van der Waals surface area contributed by atoms with Crippen LogP contribution in [0.25, 0.3) is 0 Å². The molecule has 0 spiro atoms. The number of amides is 1. The highest BCUT2D eigenvalue weighted by atomic mass is 16.2. The summed E-state index contributed by atoms with van der Waals surface area (Å²) in [4.78, 5) is 14.9. The normalized spacial score (nSPS) is 32.4. The Morgan fingerprint density at radius 3 is 2.57 bits per heavy atom. The van der Waals surface area contributed by atoms with E-state index in [2.05, 4.69) is 48.3 Å². The highest BCUT2D eigenvalue weighted by Crippen LogP contribution is 2.42. The zero-order valence-electron chi connectivity index (χ0n) is 13.3. The predicted octanol–water partition coefficient (Wildman–Crippen LogP) is 3.47. The number of nitrogens with one attached hydrogen (secondary N) is 1. The standard InChI is InChI=1S/C18H26N2O/c1-13-17(21)20(15-11-7-8-12-18(15,2)3)16(19-13)14-9-5-4-6-10-14/h4-6,9-10,13,15-16,19H,7-8,11-12H2,1-3H3. The summed E-state index contributed by atoms with van der Waals surface area (Å²) >= 11 is 0. The molecule has 1 aliphatic heterocycles. The van der Waals surface area contributed by atoms with Crippen LogP contribution in [0.3, 0.4) is 0 Å². The summed E-state index contributed by atoms with van der Waals surface area (Å²) in [6, 6.07) is 10.6. The van der Waals surface area contributed by atoms with Crippen LogP contribution < -0.4 is 5.32 Å². The molecular formula is C18H26N2O. The van der Waals surface area contributed by atoms with Crippen molar-refractivity contribution in [1.29, 1.82) is 0 Å². The van der Waals surface area contributed by atoms with E-state index in [0.29, 0.717) is 6.04 Å². The molecule has 1 aromatic rings. The first kappa shape index (κ1) is 14.6. The Morgan fingerprint density at radius 2 is 1.90 bits per heavy atom. The smallest absolute Gasteiger partial charge is 0.241 e. The third kappa shape index (κ3) is 2.59. The van der Waals surface area contributed by atoms with Gasteiger partial charge in [0, 0.05) is 6.04 Å². The van der Waals surface area contributed by atoms with Gasteiger partial charge in [-0.2, -0.15) is 0 Å². The van der Waals surface area contributed by atoms with Crippen molar-refractivity contribution < 1.29 is 4.79 Å². The SMILES string of the molecule is CC1NC(c2ccccc2)N(C2CCCCC2(C)C)C1=O. The van der Waals surface area contributed by atoms with Gasteiger partial charge in [0.25, 0.3) is 0 Å². The minimum absolute atomic E-state index is 0.0241. The molecule has 3 heteroatoms. The van der Waals surface area contributed by atoms with Gasteiger partial charge >= 0.3 is 0 Å². The van der Waals surface area contributed by atoms with Crippen molar-refractivity contribution in [2.24, 2.45) is 5.41 Å². The molecule has 1 amide bonds. The number of hydrogen-bond acceptors (Lipinski definition) is 2. The van der Waals surface area contributed by atoms with Crippen LogP contribution in [-0.2, 0) is 4.79 Å². The topological polar surface area (TPSA) is 32.3 Å². The van der Waals surface area contributed by atoms with E-state index < -0.39 is 0 Å². The van der Waals surface area contributed by atoms with Gasteiger partial charge in [-0.25, -0.2) is 0 Å². The molecule has 0 aromatic heterocycles. The molecular weight excluding hydrogens is 260 g/mol. The van der Waals surface area contributed by atoms with Crippen molar-refractivity contribution in [3.63, 3.8) is 0 Å². The highest BCUT2D eigenvalue weighted by Gasteiger charge is 2.46. The lowest BCUT2D eigenvalue weighted by atomic mass is 9.72. The summed E-state index contributed by atoms with van der Waals surface area (Å²) in [5, 5.41) is 3.48. The summed E-state index contributed by atoms with van der Waals surface area (Å²) in [6.45, 7) is 6.61. The van der Waals surface area contributed by atoms with Gasteiger partial charge in [0.05, 0.1) is 6.04 Å². The molecule has 0 bridgehead atoms. The van der Waals surface area contributed by atoms with Gasteiger partial charge in [0.2, 0.25) is 5.91 Å². The van der Waals surface area contributed by atoms with Crippen LogP contribution in [0.15, 0.2) is 30.3 Å². The largest absolute Gasteiger partial charge is 0.318 e. The molecule has 1 aliphatic carbocycles. The van der Waals surface area contributed by atoms with Crippen LogP contribution in [0.1, 0.15) is 58.2 Å². The second-order valence-electron chi connectivity index (χ2n) is 7.20. The summed E-state index contributed by atoms with van der Waals surface area (Å²) in [6.07, 6.45) is 4.86. The van der Waals surface area contributed by atoms with E-state index in [4.69, 9.17) is 0 Å². The molecule has 3 unspecified atom stereocenters. The van der Waals surface area contributed by atoms with Crippen LogP contribution in [0.5, 0.6) is 0 Å². The van der Waals surface area contributed by atoms with Crippen LogP contribution in [0.2, 0.25) is 0 Å². The zero-order valence-corrected chi connectivity index (χ0v) is 13.3. The lowest BCUT2D eigenvalue weighted by molar-refractivity contribution is -0.136.